The van der Waals surface area contributed by atoms with Crippen LogP contribution >= 0.6 is 0 Å². The summed E-state index contributed by atoms with van der Waals surface area (Å²) in [5.41, 5.74) is 0.161. The Morgan fingerprint density at radius 1 is 1.38 bits per heavy atom. The molecule has 2 aromatic rings. The topological polar surface area (TPSA) is 73.3 Å². The molecule has 0 fully saturated rings. The SMILES string of the molecule is CC(C)(C(=O)O)c1cc2cccc(O)c2[nH]1. The van der Waals surface area contributed by atoms with Crippen LogP contribution in [0.25, 0.3) is 10.9 Å². The van der Waals surface area contributed by atoms with E-state index in [1.165, 1.54) is 0 Å². The first-order chi connectivity index (χ1) is 7.43. The molecule has 1 aromatic heterocycles. The Morgan fingerprint density at radius 2 is 2.06 bits per heavy atom. The average molecular weight is 219 g/mol. The summed E-state index contributed by atoms with van der Waals surface area (Å²) in [5, 5.41) is 19.5. The smallest absolute Gasteiger partial charge is 0.315 e. The highest BCUT2D eigenvalue weighted by Gasteiger charge is 2.31. The summed E-state index contributed by atoms with van der Waals surface area (Å²) in [6.45, 7) is 3.24. The zero-order chi connectivity index (χ0) is 11.9. The predicted molar refractivity (Wildman–Crippen MR) is 60.6 cm³/mol. The minimum absolute atomic E-state index is 0.130. The van der Waals surface area contributed by atoms with Crippen molar-refractivity contribution in [3.63, 3.8) is 0 Å². The van der Waals surface area contributed by atoms with Gasteiger partial charge in [0, 0.05) is 11.1 Å². The van der Waals surface area contributed by atoms with Crippen molar-refractivity contribution in [2.75, 3.05) is 0 Å². The minimum atomic E-state index is -0.995. The molecular formula is C12H13NO3. The van der Waals surface area contributed by atoms with Gasteiger partial charge in [0.05, 0.1) is 5.52 Å². The fourth-order valence-electron chi connectivity index (χ4n) is 1.59. The Kier molecular flexibility index (Phi) is 2.15. The van der Waals surface area contributed by atoms with E-state index in [1.807, 2.05) is 6.07 Å². The molecule has 4 nitrogen and oxygen atoms in total. The molecule has 0 atom stereocenters. The molecule has 4 heteroatoms. The van der Waals surface area contributed by atoms with Crippen molar-refractivity contribution in [1.29, 1.82) is 0 Å². The molecular weight excluding hydrogens is 206 g/mol. The number of aromatic amines is 1. The van der Waals surface area contributed by atoms with Gasteiger partial charge in [-0.2, -0.15) is 0 Å². The van der Waals surface area contributed by atoms with E-state index in [9.17, 15) is 9.90 Å². The lowest BCUT2D eigenvalue weighted by Crippen LogP contribution is -2.28. The van der Waals surface area contributed by atoms with Crippen molar-refractivity contribution in [3.05, 3.63) is 30.0 Å². The van der Waals surface area contributed by atoms with Gasteiger partial charge in [0.1, 0.15) is 11.2 Å². The third kappa shape index (κ3) is 1.43. The molecule has 0 radical (unpaired) electrons. The van der Waals surface area contributed by atoms with E-state index in [4.69, 9.17) is 5.11 Å². The summed E-state index contributed by atoms with van der Waals surface area (Å²) in [4.78, 5) is 14.1. The number of hydrogen-bond acceptors (Lipinski definition) is 2. The summed E-state index contributed by atoms with van der Waals surface area (Å²) < 4.78 is 0. The lowest BCUT2D eigenvalue weighted by molar-refractivity contribution is -0.142. The second kappa shape index (κ2) is 3.27. The summed E-state index contributed by atoms with van der Waals surface area (Å²) in [6, 6.07) is 6.87. The molecule has 0 aliphatic rings. The number of hydrogen-bond donors (Lipinski definition) is 3. The van der Waals surface area contributed by atoms with Gasteiger partial charge in [-0.25, -0.2) is 0 Å². The van der Waals surface area contributed by atoms with Gasteiger partial charge in [-0.05, 0) is 26.0 Å². The predicted octanol–water partition coefficient (Wildman–Crippen LogP) is 2.24. The summed E-state index contributed by atoms with van der Waals surface area (Å²) in [5.74, 6) is -0.775. The number of carbonyl (C=O) groups is 1. The van der Waals surface area contributed by atoms with Crippen molar-refractivity contribution in [2.45, 2.75) is 19.3 Å². The van der Waals surface area contributed by atoms with E-state index in [0.717, 1.165) is 5.39 Å². The van der Waals surface area contributed by atoms with Crippen molar-refractivity contribution in [2.24, 2.45) is 0 Å². The highest BCUT2D eigenvalue weighted by atomic mass is 16.4. The number of aromatic hydroxyl groups is 1. The van der Waals surface area contributed by atoms with E-state index in [1.54, 1.807) is 32.0 Å². The van der Waals surface area contributed by atoms with Gasteiger partial charge in [-0.3, -0.25) is 4.79 Å². The minimum Gasteiger partial charge on any atom is -0.506 e. The summed E-state index contributed by atoms with van der Waals surface area (Å²) in [7, 11) is 0. The van der Waals surface area contributed by atoms with Crippen LogP contribution in [-0.4, -0.2) is 21.2 Å². The first-order valence-electron chi connectivity index (χ1n) is 4.97. The Hall–Kier alpha value is -1.97. The third-order valence-electron chi connectivity index (χ3n) is 2.84. The maximum absolute atomic E-state index is 11.1. The highest BCUT2D eigenvalue weighted by molar-refractivity contribution is 5.89. The van der Waals surface area contributed by atoms with Crippen molar-refractivity contribution < 1.29 is 15.0 Å². The molecule has 84 valence electrons. The van der Waals surface area contributed by atoms with Crippen LogP contribution in [0, 0.1) is 0 Å². The van der Waals surface area contributed by atoms with E-state index < -0.39 is 11.4 Å². The maximum atomic E-state index is 11.1. The second-order valence-electron chi connectivity index (χ2n) is 4.35. The number of para-hydroxylation sites is 1. The van der Waals surface area contributed by atoms with Crippen LogP contribution in [0.2, 0.25) is 0 Å². The van der Waals surface area contributed by atoms with Crippen LogP contribution in [0.3, 0.4) is 0 Å². The van der Waals surface area contributed by atoms with Gasteiger partial charge in [0.25, 0.3) is 0 Å². The fraction of sp³-hybridized carbons (Fsp3) is 0.250. The Bertz CT molecular complexity index is 554. The zero-order valence-corrected chi connectivity index (χ0v) is 9.11. The number of carboxylic acids is 1. The number of aromatic nitrogens is 1. The Balaban J connectivity index is 2.64. The van der Waals surface area contributed by atoms with Crippen LogP contribution < -0.4 is 0 Å². The number of phenolic OH excluding ortho intramolecular Hbond substituents is 1. The van der Waals surface area contributed by atoms with Gasteiger partial charge in [0.2, 0.25) is 0 Å². The van der Waals surface area contributed by atoms with Crippen molar-refractivity contribution >= 4 is 16.9 Å². The number of carboxylic acid groups (broad SMARTS) is 1. The van der Waals surface area contributed by atoms with Crippen LogP contribution in [0.15, 0.2) is 24.3 Å². The monoisotopic (exact) mass is 219 g/mol. The maximum Gasteiger partial charge on any atom is 0.315 e. The highest BCUT2D eigenvalue weighted by Crippen LogP contribution is 2.30. The number of benzene rings is 1. The fourth-order valence-corrected chi connectivity index (χ4v) is 1.59. The lowest BCUT2D eigenvalue weighted by atomic mass is 9.90. The number of fused-ring (bicyclic) bond motifs is 1. The lowest BCUT2D eigenvalue weighted by Gasteiger charge is -2.16. The Labute approximate surface area is 92.5 Å². The molecule has 0 saturated heterocycles. The van der Waals surface area contributed by atoms with Gasteiger partial charge in [-0.15, -0.1) is 0 Å². The molecule has 0 spiro atoms. The molecule has 0 bridgehead atoms. The summed E-state index contributed by atoms with van der Waals surface area (Å²) in [6.07, 6.45) is 0. The molecule has 0 unspecified atom stereocenters. The molecule has 0 aliphatic carbocycles. The first kappa shape index (κ1) is 10.5. The summed E-state index contributed by atoms with van der Waals surface area (Å²) >= 11 is 0. The number of rotatable bonds is 2. The standard InChI is InChI=1S/C12H13NO3/c1-12(2,11(15)16)9-6-7-4-3-5-8(14)10(7)13-9/h3-6,13-14H,1-2H3,(H,15,16). The quantitative estimate of drug-likeness (QED) is 0.725. The molecule has 0 amide bonds. The second-order valence-corrected chi connectivity index (χ2v) is 4.35. The Morgan fingerprint density at radius 3 is 2.62 bits per heavy atom. The van der Waals surface area contributed by atoms with Crippen molar-refractivity contribution in [3.8, 4) is 5.75 Å². The number of nitrogens with one attached hydrogen (secondary N) is 1. The molecule has 16 heavy (non-hydrogen) atoms. The molecule has 0 saturated carbocycles. The number of phenols is 1. The van der Waals surface area contributed by atoms with E-state index in [0.29, 0.717) is 11.2 Å². The molecule has 2 rings (SSSR count). The molecule has 3 N–H and O–H groups in total. The largest absolute Gasteiger partial charge is 0.506 e. The van der Waals surface area contributed by atoms with Crippen LogP contribution in [0.5, 0.6) is 5.75 Å². The van der Waals surface area contributed by atoms with Crippen LogP contribution in [0.1, 0.15) is 19.5 Å². The van der Waals surface area contributed by atoms with Crippen LogP contribution in [-0.2, 0) is 10.2 Å². The zero-order valence-electron chi connectivity index (χ0n) is 9.11. The van der Waals surface area contributed by atoms with Crippen molar-refractivity contribution in [1.82, 2.24) is 4.98 Å². The van der Waals surface area contributed by atoms with E-state index >= 15 is 0 Å². The van der Waals surface area contributed by atoms with Crippen LogP contribution in [0.4, 0.5) is 0 Å². The molecule has 1 heterocycles. The van der Waals surface area contributed by atoms with Gasteiger partial charge in [-0.1, -0.05) is 12.1 Å². The third-order valence-corrected chi connectivity index (χ3v) is 2.84. The van der Waals surface area contributed by atoms with Gasteiger partial charge >= 0.3 is 5.97 Å². The molecule has 0 aliphatic heterocycles. The number of H-pyrrole nitrogens is 1. The van der Waals surface area contributed by atoms with Gasteiger partial charge in [0.15, 0.2) is 0 Å². The molecule has 1 aromatic carbocycles. The number of aliphatic carboxylic acids is 1. The van der Waals surface area contributed by atoms with E-state index in [-0.39, 0.29) is 5.75 Å². The normalized spacial score (nSPS) is 11.9. The first-order valence-corrected chi connectivity index (χ1v) is 4.97. The average Bonchev–Trinajstić information content (AvgIpc) is 2.63. The van der Waals surface area contributed by atoms with Gasteiger partial charge < -0.3 is 15.2 Å². The van der Waals surface area contributed by atoms with E-state index in [2.05, 4.69) is 4.98 Å².